The molecule has 0 aromatic heterocycles. The summed E-state index contributed by atoms with van der Waals surface area (Å²) in [6.45, 7) is 6.21. The van der Waals surface area contributed by atoms with E-state index in [1.807, 2.05) is 18.2 Å². The molecule has 0 bridgehead atoms. The number of nitrogens with one attached hydrogen (secondary N) is 1. The Morgan fingerprint density at radius 3 is 2.85 bits per heavy atom. The van der Waals surface area contributed by atoms with Crippen LogP contribution in [0.1, 0.15) is 38.7 Å². The molecule has 1 N–H and O–H groups in total. The van der Waals surface area contributed by atoms with E-state index < -0.39 is 0 Å². The van der Waals surface area contributed by atoms with Crippen LogP contribution in [0.4, 0.5) is 0 Å². The second-order valence-corrected chi connectivity index (χ2v) is 6.55. The lowest BCUT2D eigenvalue weighted by Gasteiger charge is -2.34. The SMILES string of the molecule is CCCNC(Cc1cc(Cl)ccc1Cl)C1(C)CCCO1. The maximum Gasteiger partial charge on any atom is 0.0810 e. The normalized spacial score (nSPS) is 24.0. The van der Waals surface area contributed by atoms with Crippen molar-refractivity contribution >= 4 is 23.2 Å². The third-order valence-corrected chi connectivity index (χ3v) is 4.66. The van der Waals surface area contributed by atoms with Gasteiger partial charge in [-0.1, -0.05) is 30.1 Å². The number of ether oxygens (including phenoxy) is 1. The zero-order chi connectivity index (χ0) is 14.6. The van der Waals surface area contributed by atoms with Gasteiger partial charge in [-0.2, -0.15) is 0 Å². The van der Waals surface area contributed by atoms with Crippen LogP contribution in [0.25, 0.3) is 0 Å². The summed E-state index contributed by atoms with van der Waals surface area (Å²) in [5.41, 5.74) is 0.977. The molecule has 1 aliphatic heterocycles. The van der Waals surface area contributed by atoms with Crippen LogP contribution in [0.15, 0.2) is 18.2 Å². The Morgan fingerprint density at radius 1 is 1.40 bits per heavy atom. The zero-order valence-electron chi connectivity index (χ0n) is 12.2. The first kappa shape index (κ1) is 16.1. The van der Waals surface area contributed by atoms with Gasteiger partial charge in [0.1, 0.15) is 0 Å². The minimum atomic E-state index is -0.110. The van der Waals surface area contributed by atoms with Crippen molar-refractivity contribution in [3.63, 3.8) is 0 Å². The maximum absolute atomic E-state index is 6.30. The lowest BCUT2D eigenvalue weighted by atomic mass is 9.88. The van der Waals surface area contributed by atoms with Crippen LogP contribution in [0.3, 0.4) is 0 Å². The lowest BCUT2D eigenvalue weighted by molar-refractivity contribution is -0.0114. The van der Waals surface area contributed by atoms with E-state index in [1.165, 1.54) is 0 Å². The van der Waals surface area contributed by atoms with E-state index in [0.717, 1.165) is 54.4 Å². The van der Waals surface area contributed by atoms with Crippen LogP contribution in [-0.4, -0.2) is 24.8 Å². The monoisotopic (exact) mass is 315 g/mol. The van der Waals surface area contributed by atoms with E-state index in [-0.39, 0.29) is 11.6 Å². The van der Waals surface area contributed by atoms with Crippen molar-refractivity contribution in [2.24, 2.45) is 0 Å². The summed E-state index contributed by atoms with van der Waals surface area (Å²) in [7, 11) is 0. The highest BCUT2D eigenvalue weighted by atomic mass is 35.5. The van der Waals surface area contributed by atoms with Crippen LogP contribution < -0.4 is 5.32 Å². The molecule has 1 fully saturated rings. The molecule has 2 atom stereocenters. The van der Waals surface area contributed by atoms with Crippen LogP contribution in [-0.2, 0) is 11.2 Å². The molecule has 0 spiro atoms. The van der Waals surface area contributed by atoms with Crippen molar-refractivity contribution in [1.82, 2.24) is 5.32 Å². The van der Waals surface area contributed by atoms with Gasteiger partial charge in [0.05, 0.1) is 5.60 Å². The van der Waals surface area contributed by atoms with Crippen molar-refractivity contribution in [1.29, 1.82) is 0 Å². The summed E-state index contributed by atoms with van der Waals surface area (Å²) < 4.78 is 6.00. The van der Waals surface area contributed by atoms with Gasteiger partial charge in [0.15, 0.2) is 0 Å². The topological polar surface area (TPSA) is 21.3 Å². The van der Waals surface area contributed by atoms with Gasteiger partial charge in [0, 0.05) is 22.7 Å². The Morgan fingerprint density at radius 2 is 2.20 bits per heavy atom. The van der Waals surface area contributed by atoms with Crippen LogP contribution in [0, 0.1) is 0 Å². The van der Waals surface area contributed by atoms with Gasteiger partial charge >= 0.3 is 0 Å². The number of benzene rings is 1. The lowest BCUT2D eigenvalue weighted by Crippen LogP contribution is -2.50. The van der Waals surface area contributed by atoms with Crippen molar-refractivity contribution in [3.8, 4) is 0 Å². The molecule has 0 aliphatic carbocycles. The van der Waals surface area contributed by atoms with E-state index in [1.54, 1.807) is 0 Å². The Hall–Kier alpha value is -0.280. The summed E-state index contributed by atoms with van der Waals surface area (Å²) in [6.07, 6.45) is 4.17. The highest BCUT2D eigenvalue weighted by molar-refractivity contribution is 6.33. The first-order valence-corrected chi connectivity index (χ1v) is 8.12. The smallest absolute Gasteiger partial charge is 0.0810 e. The first-order valence-electron chi connectivity index (χ1n) is 7.36. The molecule has 1 aromatic rings. The number of rotatable bonds is 6. The molecule has 1 aliphatic rings. The number of hydrogen-bond donors (Lipinski definition) is 1. The van der Waals surface area contributed by atoms with E-state index in [9.17, 15) is 0 Å². The fourth-order valence-electron chi connectivity index (χ4n) is 2.82. The van der Waals surface area contributed by atoms with Gasteiger partial charge < -0.3 is 10.1 Å². The first-order chi connectivity index (χ1) is 9.55. The third kappa shape index (κ3) is 3.88. The van der Waals surface area contributed by atoms with Gasteiger partial charge in [-0.25, -0.2) is 0 Å². The fourth-order valence-corrected chi connectivity index (χ4v) is 3.21. The molecule has 20 heavy (non-hydrogen) atoms. The van der Waals surface area contributed by atoms with E-state index in [2.05, 4.69) is 19.2 Å². The second kappa shape index (κ2) is 7.13. The summed E-state index contributed by atoms with van der Waals surface area (Å²) in [5.74, 6) is 0. The summed E-state index contributed by atoms with van der Waals surface area (Å²) in [5, 5.41) is 5.13. The zero-order valence-corrected chi connectivity index (χ0v) is 13.7. The Bertz CT molecular complexity index is 444. The third-order valence-electron chi connectivity index (χ3n) is 4.06. The molecule has 4 heteroatoms. The van der Waals surface area contributed by atoms with Crippen LogP contribution in [0.2, 0.25) is 10.0 Å². The Balaban J connectivity index is 2.16. The molecular formula is C16H23Cl2NO. The average molecular weight is 316 g/mol. The largest absolute Gasteiger partial charge is 0.374 e. The summed E-state index contributed by atoms with van der Waals surface area (Å²) >= 11 is 12.4. The van der Waals surface area contributed by atoms with Gasteiger partial charge in [0.2, 0.25) is 0 Å². The predicted octanol–water partition coefficient (Wildman–Crippen LogP) is 4.47. The average Bonchev–Trinajstić information content (AvgIpc) is 2.86. The number of halogens is 2. The molecular weight excluding hydrogens is 293 g/mol. The maximum atomic E-state index is 6.30. The Kier molecular flexibility index (Phi) is 5.74. The summed E-state index contributed by atoms with van der Waals surface area (Å²) in [4.78, 5) is 0. The fraction of sp³-hybridized carbons (Fsp3) is 0.625. The molecule has 1 heterocycles. The highest BCUT2D eigenvalue weighted by Crippen LogP contribution is 2.32. The van der Waals surface area contributed by atoms with Gasteiger partial charge in [-0.05, 0) is 62.9 Å². The standard InChI is InChI=1S/C16H23Cl2NO/c1-3-8-19-15(16(2)7-4-9-20-16)11-12-10-13(17)5-6-14(12)18/h5-6,10,15,19H,3-4,7-9,11H2,1-2H3. The summed E-state index contributed by atoms with van der Waals surface area (Å²) in [6, 6.07) is 5.92. The van der Waals surface area contributed by atoms with Crippen molar-refractivity contribution in [3.05, 3.63) is 33.8 Å². The van der Waals surface area contributed by atoms with E-state index >= 15 is 0 Å². The van der Waals surface area contributed by atoms with Gasteiger partial charge in [-0.15, -0.1) is 0 Å². The van der Waals surface area contributed by atoms with Crippen molar-refractivity contribution in [2.45, 2.75) is 51.2 Å². The quantitative estimate of drug-likeness (QED) is 0.836. The van der Waals surface area contributed by atoms with E-state index in [0.29, 0.717) is 0 Å². The Labute approximate surface area is 131 Å². The molecule has 2 nitrogen and oxygen atoms in total. The number of hydrogen-bond acceptors (Lipinski definition) is 2. The van der Waals surface area contributed by atoms with Crippen LogP contribution in [0.5, 0.6) is 0 Å². The highest BCUT2D eigenvalue weighted by Gasteiger charge is 2.38. The molecule has 2 unspecified atom stereocenters. The molecule has 0 amide bonds. The van der Waals surface area contributed by atoms with Crippen molar-refractivity contribution in [2.75, 3.05) is 13.2 Å². The minimum absolute atomic E-state index is 0.110. The molecule has 1 aromatic carbocycles. The second-order valence-electron chi connectivity index (χ2n) is 5.71. The van der Waals surface area contributed by atoms with Crippen molar-refractivity contribution < 1.29 is 4.74 Å². The molecule has 0 saturated carbocycles. The molecule has 0 radical (unpaired) electrons. The van der Waals surface area contributed by atoms with E-state index in [4.69, 9.17) is 27.9 Å². The minimum Gasteiger partial charge on any atom is -0.374 e. The molecule has 2 rings (SSSR count). The predicted molar refractivity (Wildman–Crippen MR) is 85.8 cm³/mol. The van der Waals surface area contributed by atoms with Crippen LogP contribution >= 0.6 is 23.2 Å². The molecule has 112 valence electrons. The van der Waals surface area contributed by atoms with Gasteiger partial charge in [-0.3, -0.25) is 0 Å². The van der Waals surface area contributed by atoms with Gasteiger partial charge in [0.25, 0.3) is 0 Å². The molecule has 1 saturated heterocycles.